The van der Waals surface area contributed by atoms with E-state index < -0.39 is 0 Å². The summed E-state index contributed by atoms with van der Waals surface area (Å²) in [4.78, 5) is 0. The van der Waals surface area contributed by atoms with Gasteiger partial charge in [-0.3, -0.25) is 0 Å². The maximum atomic E-state index is 6.68. The number of hydrogen-bond donors (Lipinski definition) is 0. The minimum absolute atomic E-state index is 0.0172. The largest absolute Gasteiger partial charge is 0.378 e. The third kappa shape index (κ3) is 2.37. The van der Waals surface area contributed by atoms with Gasteiger partial charge in [0.1, 0.15) is 0 Å². The molecule has 2 heteroatoms. The van der Waals surface area contributed by atoms with E-state index in [0.717, 1.165) is 19.3 Å². The Balaban J connectivity index is 1.91. The molecule has 0 radical (unpaired) electrons. The number of halogens is 1. The van der Waals surface area contributed by atoms with Gasteiger partial charge in [0, 0.05) is 7.11 Å². The van der Waals surface area contributed by atoms with Crippen molar-refractivity contribution in [1.29, 1.82) is 0 Å². The van der Waals surface area contributed by atoms with Crippen molar-refractivity contribution in [3.05, 3.63) is 48.0 Å². The topological polar surface area (TPSA) is 9.23 Å². The second-order valence-electron chi connectivity index (χ2n) is 5.48. The Morgan fingerprint density at radius 3 is 2.58 bits per heavy atom. The molecule has 0 heterocycles. The first-order valence-electron chi connectivity index (χ1n) is 6.91. The third-order valence-corrected chi connectivity index (χ3v) is 4.80. The Morgan fingerprint density at radius 2 is 1.89 bits per heavy atom. The molecule has 1 unspecified atom stereocenters. The summed E-state index contributed by atoms with van der Waals surface area (Å²) in [5, 5.41) is 2.53. The van der Waals surface area contributed by atoms with Crippen LogP contribution in [-0.4, -0.2) is 12.7 Å². The van der Waals surface area contributed by atoms with Crippen LogP contribution in [0.2, 0.25) is 0 Å². The van der Waals surface area contributed by atoms with Crippen molar-refractivity contribution in [3.63, 3.8) is 0 Å². The molecule has 0 aromatic heterocycles. The Labute approximate surface area is 119 Å². The van der Waals surface area contributed by atoms with E-state index in [1.54, 1.807) is 0 Å². The van der Waals surface area contributed by atoms with Gasteiger partial charge < -0.3 is 4.74 Å². The quantitative estimate of drug-likeness (QED) is 0.707. The van der Waals surface area contributed by atoms with Crippen molar-refractivity contribution in [1.82, 2.24) is 0 Å². The molecule has 1 saturated carbocycles. The van der Waals surface area contributed by atoms with Gasteiger partial charge in [0.15, 0.2) is 0 Å². The molecule has 1 fully saturated rings. The molecule has 100 valence electrons. The fraction of sp³-hybridized carbons (Fsp3) is 0.412. The monoisotopic (exact) mass is 274 g/mol. The second kappa shape index (κ2) is 5.15. The van der Waals surface area contributed by atoms with Gasteiger partial charge in [-0.25, -0.2) is 0 Å². The highest BCUT2D eigenvalue weighted by atomic mass is 35.5. The molecule has 0 amide bonds. The average Bonchev–Trinajstić information content (AvgIpc) is 2.42. The Bertz CT molecular complexity index is 563. The second-order valence-corrected chi connectivity index (χ2v) is 6.01. The first-order chi connectivity index (χ1) is 9.24. The van der Waals surface area contributed by atoms with Crippen LogP contribution in [0.5, 0.6) is 0 Å². The van der Waals surface area contributed by atoms with Gasteiger partial charge in [0.05, 0.1) is 11.0 Å². The number of hydrogen-bond acceptors (Lipinski definition) is 1. The third-order valence-electron chi connectivity index (χ3n) is 4.41. The molecular formula is C17H19ClO. The maximum absolute atomic E-state index is 6.68. The van der Waals surface area contributed by atoms with E-state index in [4.69, 9.17) is 16.3 Å². The van der Waals surface area contributed by atoms with Crippen LogP contribution in [0.15, 0.2) is 42.5 Å². The van der Waals surface area contributed by atoms with Crippen LogP contribution in [0.3, 0.4) is 0 Å². The van der Waals surface area contributed by atoms with Crippen LogP contribution in [0.4, 0.5) is 0 Å². The fourth-order valence-corrected chi connectivity index (χ4v) is 3.49. The lowest BCUT2D eigenvalue weighted by molar-refractivity contribution is -0.0779. The van der Waals surface area contributed by atoms with E-state index in [1.807, 2.05) is 7.11 Å². The van der Waals surface area contributed by atoms with Crippen molar-refractivity contribution in [3.8, 4) is 0 Å². The highest BCUT2D eigenvalue weighted by Crippen LogP contribution is 2.44. The van der Waals surface area contributed by atoms with Gasteiger partial charge in [-0.05, 0) is 42.0 Å². The number of fused-ring (bicyclic) bond motifs is 1. The Morgan fingerprint density at radius 1 is 1.16 bits per heavy atom. The summed E-state index contributed by atoms with van der Waals surface area (Å²) in [6, 6.07) is 14.8. The van der Waals surface area contributed by atoms with E-state index >= 15 is 0 Å². The van der Waals surface area contributed by atoms with E-state index in [-0.39, 0.29) is 11.0 Å². The molecule has 1 aliphatic rings. The van der Waals surface area contributed by atoms with Gasteiger partial charge >= 0.3 is 0 Å². The lowest BCUT2D eigenvalue weighted by atomic mass is 9.76. The minimum Gasteiger partial charge on any atom is -0.378 e. The van der Waals surface area contributed by atoms with Gasteiger partial charge in [-0.15, -0.1) is 11.6 Å². The fourth-order valence-electron chi connectivity index (χ4n) is 3.02. The van der Waals surface area contributed by atoms with E-state index in [2.05, 4.69) is 42.5 Å². The Hall–Kier alpha value is -1.05. The molecule has 2 aromatic carbocycles. The number of methoxy groups -OCH3 is 1. The zero-order chi connectivity index (χ0) is 13.3. The number of benzene rings is 2. The molecule has 0 aliphatic heterocycles. The van der Waals surface area contributed by atoms with Crippen LogP contribution in [0, 0.1) is 0 Å². The van der Waals surface area contributed by atoms with E-state index in [1.165, 1.54) is 22.8 Å². The normalized spacial score (nSPS) is 19.1. The van der Waals surface area contributed by atoms with Crippen molar-refractivity contribution >= 4 is 22.4 Å². The van der Waals surface area contributed by atoms with Crippen LogP contribution >= 0.6 is 11.6 Å². The number of alkyl halides is 1. The molecule has 2 aromatic rings. The molecule has 0 saturated heterocycles. The van der Waals surface area contributed by atoms with Gasteiger partial charge in [0.2, 0.25) is 0 Å². The molecular weight excluding hydrogens is 256 g/mol. The van der Waals surface area contributed by atoms with E-state index in [9.17, 15) is 0 Å². The summed E-state index contributed by atoms with van der Waals surface area (Å²) >= 11 is 6.68. The van der Waals surface area contributed by atoms with Crippen LogP contribution in [0.25, 0.3) is 10.8 Å². The first-order valence-corrected chi connectivity index (χ1v) is 7.35. The van der Waals surface area contributed by atoms with E-state index in [0.29, 0.717) is 0 Å². The standard InChI is InChI=1S/C17H19ClO/c1-19-17(10-5-11-17)12-16(18)15-9-4-7-13-6-2-3-8-14(13)15/h2-4,6-9,16H,5,10-12H2,1H3. The number of ether oxygens (including phenoxy) is 1. The molecule has 3 rings (SSSR count). The smallest absolute Gasteiger partial charge is 0.0696 e. The SMILES string of the molecule is COC1(CC(Cl)c2cccc3ccccc23)CCC1. The molecule has 0 spiro atoms. The molecule has 1 atom stereocenters. The van der Waals surface area contributed by atoms with Crippen molar-refractivity contribution in [2.75, 3.05) is 7.11 Å². The summed E-state index contributed by atoms with van der Waals surface area (Å²) in [5.74, 6) is 0. The lowest BCUT2D eigenvalue weighted by Gasteiger charge is -2.42. The maximum Gasteiger partial charge on any atom is 0.0696 e. The van der Waals surface area contributed by atoms with Gasteiger partial charge in [-0.1, -0.05) is 42.5 Å². The highest BCUT2D eigenvalue weighted by Gasteiger charge is 2.39. The van der Waals surface area contributed by atoms with Gasteiger partial charge in [-0.2, -0.15) is 0 Å². The van der Waals surface area contributed by atoms with Crippen LogP contribution < -0.4 is 0 Å². The number of rotatable bonds is 4. The van der Waals surface area contributed by atoms with Crippen molar-refractivity contribution in [2.24, 2.45) is 0 Å². The van der Waals surface area contributed by atoms with Crippen LogP contribution in [0.1, 0.15) is 36.6 Å². The lowest BCUT2D eigenvalue weighted by Crippen LogP contribution is -2.39. The van der Waals surface area contributed by atoms with Crippen molar-refractivity contribution < 1.29 is 4.74 Å². The zero-order valence-electron chi connectivity index (χ0n) is 11.2. The predicted molar refractivity (Wildman–Crippen MR) is 80.8 cm³/mol. The van der Waals surface area contributed by atoms with Gasteiger partial charge in [0.25, 0.3) is 0 Å². The minimum atomic E-state index is 0.0172. The summed E-state index contributed by atoms with van der Waals surface area (Å²) in [6.07, 6.45) is 4.43. The summed E-state index contributed by atoms with van der Waals surface area (Å²) in [5.41, 5.74) is 1.24. The first kappa shape index (κ1) is 13.0. The average molecular weight is 275 g/mol. The summed E-state index contributed by atoms with van der Waals surface area (Å²) < 4.78 is 5.69. The molecule has 1 aliphatic carbocycles. The van der Waals surface area contributed by atoms with Crippen molar-refractivity contribution in [2.45, 2.75) is 36.7 Å². The van der Waals surface area contributed by atoms with Crippen LogP contribution in [-0.2, 0) is 4.74 Å². The highest BCUT2D eigenvalue weighted by molar-refractivity contribution is 6.21. The summed E-state index contributed by atoms with van der Waals surface area (Å²) in [7, 11) is 1.81. The zero-order valence-corrected chi connectivity index (χ0v) is 12.0. The predicted octanol–water partition coefficient (Wildman–Crippen LogP) is 5.08. The molecule has 0 N–H and O–H groups in total. The Kier molecular flexibility index (Phi) is 3.51. The summed E-state index contributed by atoms with van der Waals surface area (Å²) in [6.45, 7) is 0. The molecule has 1 nitrogen and oxygen atoms in total. The molecule has 0 bridgehead atoms. The molecule has 19 heavy (non-hydrogen) atoms.